The zero-order valence-corrected chi connectivity index (χ0v) is 6.41. The molecule has 2 unspecified atom stereocenters. The second-order valence-electron chi connectivity index (χ2n) is 1.84. The minimum Gasteiger partial charge on any atom is -0.312 e. The first-order valence-electron chi connectivity index (χ1n) is 2.78. The SMILES string of the molecule is CN=S1(=O)C=CN=CC1N. The van der Waals surface area contributed by atoms with Gasteiger partial charge in [-0.2, -0.15) is 0 Å². The van der Waals surface area contributed by atoms with Crippen LogP contribution in [0, 0.1) is 0 Å². The third-order valence-electron chi connectivity index (χ3n) is 1.25. The predicted molar refractivity (Wildman–Crippen MR) is 42.1 cm³/mol. The van der Waals surface area contributed by atoms with Gasteiger partial charge in [-0.05, 0) is 0 Å². The lowest BCUT2D eigenvalue weighted by Gasteiger charge is -2.10. The Kier molecular flexibility index (Phi) is 1.87. The molecule has 0 aromatic heterocycles. The van der Waals surface area contributed by atoms with Gasteiger partial charge in [-0.1, -0.05) is 0 Å². The van der Waals surface area contributed by atoms with Gasteiger partial charge >= 0.3 is 0 Å². The predicted octanol–water partition coefficient (Wildman–Crippen LogP) is -0.0754. The molecule has 0 saturated heterocycles. The molecular formula is C5H9N3OS. The van der Waals surface area contributed by atoms with E-state index in [1.807, 2.05) is 0 Å². The molecule has 1 rings (SSSR count). The van der Waals surface area contributed by atoms with Gasteiger partial charge in [0.05, 0.1) is 9.73 Å². The molecule has 2 N–H and O–H groups in total. The molecule has 0 spiro atoms. The zero-order chi connectivity index (χ0) is 7.61. The van der Waals surface area contributed by atoms with Gasteiger partial charge in [0.2, 0.25) is 0 Å². The van der Waals surface area contributed by atoms with E-state index in [9.17, 15) is 4.21 Å². The summed E-state index contributed by atoms with van der Waals surface area (Å²) in [5.74, 6) is 0. The molecule has 0 aromatic carbocycles. The van der Waals surface area contributed by atoms with Crippen LogP contribution in [0.25, 0.3) is 0 Å². The van der Waals surface area contributed by atoms with Crippen LogP contribution >= 0.6 is 0 Å². The number of nitrogens with two attached hydrogens (primary N) is 1. The van der Waals surface area contributed by atoms with Gasteiger partial charge in [0, 0.05) is 24.9 Å². The Morgan fingerprint density at radius 2 is 2.50 bits per heavy atom. The molecule has 0 fully saturated rings. The second kappa shape index (κ2) is 2.51. The largest absolute Gasteiger partial charge is 0.312 e. The van der Waals surface area contributed by atoms with Crippen LogP contribution in [0.3, 0.4) is 0 Å². The third kappa shape index (κ3) is 1.10. The van der Waals surface area contributed by atoms with E-state index in [0.29, 0.717) is 0 Å². The van der Waals surface area contributed by atoms with Crippen LogP contribution in [0.15, 0.2) is 21.0 Å². The van der Waals surface area contributed by atoms with Crippen LogP contribution in [0.1, 0.15) is 0 Å². The monoisotopic (exact) mass is 159 g/mol. The Hall–Kier alpha value is -0.680. The summed E-state index contributed by atoms with van der Waals surface area (Å²) in [6.45, 7) is 0. The molecule has 0 bridgehead atoms. The molecule has 0 aromatic rings. The van der Waals surface area contributed by atoms with Crippen molar-refractivity contribution in [2.45, 2.75) is 5.37 Å². The zero-order valence-electron chi connectivity index (χ0n) is 5.60. The normalized spacial score (nSPS) is 38.0. The van der Waals surface area contributed by atoms with Crippen LogP contribution < -0.4 is 5.73 Å². The first-order valence-corrected chi connectivity index (χ1v) is 4.43. The highest BCUT2D eigenvalue weighted by Crippen LogP contribution is 2.05. The van der Waals surface area contributed by atoms with Gasteiger partial charge in [-0.3, -0.25) is 4.99 Å². The van der Waals surface area contributed by atoms with Gasteiger partial charge in [-0.25, -0.2) is 8.57 Å². The molecule has 10 heavy (non-hydrogen) atoms. The topological polar surface area (TPSA) is 67.8 Å². The highest BCUT2D eigenvalue weighted by molar-refractivity contribution is 7.97. The van der Waals surface area contributed by atoms with Crippen molar-refractivity contribution in [2.75, 3.05) is 7.05 Å². The molecule has 0 amide bonds. The lowest BCUT2D eigenvalue weighted by molar-refractivity contribution is 0.678. The van der Waals surface area contributed by atoms with Crippen molar-refractivity contribution in [2.24, 2.45) is 15.1 Å². The molecule has 5 heteroatoms. The number of nitrogens with zero attached hydrogens (tertiary/aromatic N) is 2. The lowest BCUT2D eigenvalue weighted by atomic mass is 10.7. The fraction of sp³-hybridized carbons (Fsp3) is 0.400. The highest BCUT2D eigenvalue weighted by Gasteiger charge is 2.14. The molecule has 0 saturated carbocycles. The van der Waals surface area contributed by atoms with E-state index in [1.54, 1.807) is 0 Å². The summed E-state index contributed by atoms with van der Waals surface area (Å²) in [6.07, 6.45) is 2.90. The summed E-state index contributed by atoms with van der Waals surface area (Å²) in [7, 11) is -0.842. The first-order chi connectivity index (χ1) is 4.69. The Bertz CT molecular complexity index is 285. The smallest absolute Gasteiger partial charge is 0.129 e. The minimum atomic E-state index is -2.33. The van der Waals surface area contributed by atoms with Crippen LogP contribution in [0.2, 0.25) is 0 Å². The highest BCUT2D eigenvalue weighted by atomic mass is 32.2. The van der Waals surface area contributed by atoms with Gasteiger partial charge in [0.25, 0.3) is 0 Å². The number of hydrogen-bond donors (Lipinski definition) is 1. The summed E-state index contributed by atoms with van der Waals surface area (Å²) in [5, 5.41) is 0.889. The van der Waals surface area contributed by atoms with Crippen molar-refractivity contribution >= 4 is 15.9 Å². The molecule has 56 valence electrons. The minimum absolute atomic E-state index is 0.553. The standard InChI is InChI=1S/C5H9N3OS/c1-7-10(9)3-2-8-4-5(10)6/h2-5H,6H2,1H3. The van der Waals surface area contributed by atoms with E-state index in [-0.39, 0.29) is 0 Å². The van der Waals surface area contributed by atoms with E-state index in [2.05, 4.69) is 9.36 Å². The maximum absolute atomic E-state index is 11.4. The summed E-state index contributed by atoms with van der Waals surface area (Å²) in [5.41, 5.74) is 5.45. The molecule has 1 heterocycles. The molecule has 1 aliphatic rings. The molecule has 2 atom stereocenters. The summed E-state index contributed by atoms with van der Waals surface area (Å²) >= 11 is 0. The quantitative estimate of drug-likeness (QED) is 0.537. The fourth-order valence-electron chi connectivity index (χ4n) is 0.617. The van der Waals surface area contributed by atoms with E-state index >= 15 is 0 Å². The van der Waals surface area contributed by atoms with E-state index in [0.717, 1.165) is 0 Å². The average Bonchev–Trinajstić information content (AvgIpc) is 1.96. The van der Waals surface area contributed by atoms with E-state index in [1.165, 1.54) is 24.9 Å². The molecular weight excluding hydrogens is 150 g/mol. The Balaban J connectivity index is 3.14. The Morgan fingerprint density at radius 1 is 1.80 bits per heavy atom. The average molecular weight is 159 g/mol. The second-order valence-corrected chi connectivity index (χ2v) is 4.25. The van der Waals surface area contributed by atoms with Gasteiger partial charge < -0.3 is 5.73 Å². The first kappa shape index (κ1) is 7.43. The van der Waals surface area contributed by atoms with Crippen LogP contribution in [0.4, 0.5) is 0 Å². The summed E-state index contributed by atoms with van der Waals surface area (Å²) < 4.78 is 15.1. The Labute approximate surface area is 60.0 Å². The van der Waals surface area contributed by atoms with Gasteiger partial charge in [0.15, 0.2) is 0 Å². The summed E-state index contributed by atoms with van der Waals surface area (Å²) in [6, 6.07) is 0. The lowest BCUT2D eigenvalue weighted by Crippen LogP contribution is -2.31. The van der Waals surface area contributed by atoms with Crippen molar-refractivity contribution < 1.29 is 4.21 Å². The van der Waals surface area contributed by atoms with Gasteiger partial charge in [0.1, 0.15) is 5.37 Å². The van der Waals surface area contributed by atoms with Crippen molar-refractivity contribution in [3.8, 4) is 0 Å². The summed E-state index contributed by atoms with van der Waals surface area (Å²) in [4.78, 5) is 3.73. The van der Waals surface area contributed by atoms with Crippen molar-refractivity contribution in [1.29, 1.82) is 0 Å². The Morgan fingerprint density at radius 3 is 2.90 bits per heavy atom. The van der Waals surface area contributed by atoms with Gasteiger partial charge in [-0.15, -0.1) is 0 Å². The van der Waals surface area contributed by atoms with Crippen molar-refractivity contribution in [1.82, 2.24) is 0 Å². The van der Waals surface area contributed by atoms with Crippen molar-refractivity contribution in [3.63, 3.8) is 0 Å². The van der Waals surface area contributed by atoms with Crippen LogP contribution in [-0.4, -0.2) is 22.8 Å². The maximum Gasteiger partial charge on any atom is 0.129 e. The van der Waals surface area contributed by atoms with E-state index in [4.69, 9.17) is 5.73 Å². The van der Waals surface area contributed by atoms with Crippen LogP contribution in [-0.2, 0) is 9.73 Å². The molecule has 0 aliphatic carbocycles. The number of hydrogen-bond acceptors (Lipinski definition) is 4. The maximum atomic E-state index is 11.4. The molecule has 4 nitrogen and oxygen atoms in total. The van der Waals surface area contributed by atoms with E-state index < -0.39 is 15.1 Å². The molecule has 0 radical (unpaired) electrons. The fourth-order valence-corrected chi connectivity index (χ4v) is 1.65. The third-order valence-corrected chi connectivity index (χ3v) is 3.23. The number of rotatable bonds is 0. The van der Waals surface area contributed by atoms with Crippen molar-refractivity contribution in [3.05, 3.63) is 11.6 Å². The number of aliphatic imine (C=N–C) groups is 1. The van der Waals surface area contributed by atoms with Crippen LogP contribution in [0.5, 0.6) is 0 Å². The molecule has 1 aliphatic heterocycles.